The zero-order valence-electron chi connectivity index (χ0n) is 10.5. The smallest absolute Gasteiger partial charge is 0.373 e. The molecule has 0 aliphatic heterocycles. The van der Waals surface area contributed by atoms with Crippen LogP contribution in [-0.4, -0.2) is 25.8 Å². The van der Waals surface area contributed by atoms with E-state index in [4.69, 9.17) is 9.47 Å². The number of hydrogen-bond acceptors (Lipinski definition) is 5. The number of carbonyl (C=O) groups excluding carboxylic acids is 1. The van der Waals surface area contributed by atoms with Crippen molar-refractivity contribution in [1.82, 2.24) is 0 Å². The number of benzene rings is 1. The van der Waals surface area contributed by atoms with Crippen molar-refractivity contribution in [3.05, 3.63) is 36.4 Å². The summed E-state index contributed by atoms with van der Waals surface area (Å²) in [5.74, 6) is 0.0366. The molecule has 1 aromatic carbocycles. The Morgan fingerprint density at radius 1 is 1.28 bits per heavy atom. The van der Waals surface area contributed by atoms with Crippen molar-refractivity contribution >= 4 is 5.97 Å². The maximum absolute atomic E-state index is 11.6. The maximum atomic E-state index is 11.6. The monoisotopic (exact) mass is 253 g/mol. The number of hydrogen-bond donors (Lipinski definition) is 0. The Kier molecular flexibility index (Phi) is 6.83. The van der Waals surface area contributed by atoms with E-state index >= 15 is 0 Å². The highest BCUT2D eigenvalue weighted by molar-refractivity contribution is 5.89. The summed E-state index contributed by atoms with van der Waals surface area (Å²) in [6.07, 6.45) is 0. The van der Waals surface area contributed by atoms with Crippen LogP contribution in [0.1, 0.15) is 24.2 Å². The molecule has 0 heterocycles. The highest BCUT2D eigenvalue weighted by atomic mass is 17.2. The Balaban J connectivity index is 2.38. The number of rotatable bonds is 8. The molecule has 0 aliphatic carbocycles. The van der Waals surface area contributed by atoms with Crippen molar-refractivity contribution in [3.8, 4) is 5.75 Å². The molecule has 0 aromatic heterocycles. The minimum atomic E-state index is -0.579. The Morgan fingerprint density at radius 3 is 2.83 bits per heavy atom. The summed E-state index contributed by atoms with van der Waals surface area (Å²) in [4.78, 5) is 20.8. The van der Waals surface area contributed by atoms with E-state index in [1.54, 1.807) is 24.3 Å². The summed E-state index contributed by atoms with van der Waals surface area (Å²) < 4.78 is 10.3. The Bertz CT molecular complexity index is 364. The topological polar surface area (TPSA) is 54.0 Å². The van der Waals surface area contributed by atoms with E-state index in [9.17, 15) is 4.79 Å². The largest absolute Gasteiger partial charge is 0.494 e. The molecule has 18 heavy (non-hydrogen) atoms. The van der Waals surface area contributed by atoms with Crippen molar-refractivity contribution < 1.29 is 24.0 Å². The molecule has 5 heteroatoms. The number of ether oxygens (including phenoxy) is 2. The van der Waals surface area contributed by atoms with Crippen LogP contribution in [0.4, 0.5) is 0 Å². The van der Waals surface area contributed by atoms with Gasteiger partial charge in [0, 0.05) is 6.61 Å². The van der Waals surface area contributed by atoms with Gasteiger partial charge in [-0.25, -0.2) is 4.79 Å². The first-order chi connectivity index (χ1) is 8.77. The lowest BCUT2D eigenvalue weighted by atomic mass is 10.2. The van der Waals surface area contributed by atoms with Crippen LogP contribution in [0.25, 0.3) is 0 Å². The van der Waals surface area contributed by atoms with Crippen LogP contribution in [0.15, 0.2) is 24.3 Å². The second-order valence-electron chi connectivity index (χ2n) is 3.25. The summed E-state index contributed by atoms with van der Waals surface area (Å²) in [7, 11) is 0. The summed E-state index contributed by atoms with van der Waals surface area (Å²) in [5, 5.41) is 0. The predicted octanol–water partition coefficient (Wildman–Crippen LogP) is 2.37. The van der Waals surface area contributed by atoms with Gasteiger partial charge in [0.25, 0.3) is 0 Å². The van der Waals surface area contributed by atoms with Gasteiger partial charge in [0.2, 0.25) is 0 Å². The molecule has 5 nitrogen and oxygen atoms in total. The summed E-state index contributed by atoms with van der Waals surface area (Å²) in [6, 6.07) is 6.70. The van der Waals surface area contributed by atoms with Crippen molar-refractivity contribution in [2.24, 2.45) is 0 Å². The Labute approximate surface area is 107 Å². The van der Waals surface area contributed by atoms with Crippen molar-refractivity contribution in [1.29, 1.82) is 0 Å². The third-order valence-electron chi connectivity index (χ3n) is 1.96. The lowest BCUT2D eigenvalue weighted by molar-refractivity contribution is -0.218. The lowest BCUT2D eigenvalue weighted by Crippen LogP contribution is -2.07. The fourth-order valence-corrected chi connectivity index (χ4v) is 1.20. The molecule has 0 bridgehead atoms. The standard InChI is InChI=1S/C13H17O5/c1-3-15-8-9-17-18-13(14)11-6-5-7-12(10-11)16-4-2/h5-7,9-10H,3-4,8H2,1-2H3. The summed E-state index contributed by atoms with van der Waals surface area (Å²) in [5.41, 5.74) is 0.366. The first-order valence-electron chi connectivity index (χ1n) is 5.77. The number of carbonyl (C=O) groups is 1. The summed E-state index contributed by atoms with van der Waals surface area (Å²) in [6.45, 7) is 6.38. The van der Waals surface area contributed by atoms with Crippen LogP contribution in [0.2, 0.25) is 0 Å². The van der Waals surface area contributed by atoms with Gasteiger partial charge < -0.3 is 9.47 Å². The molecule has 0 unspecified atom stereocenters. The van der Waals surface area contributed by atoms with Gasteiger partial charge in [-0.2, -0.15) is 4.89 Å². The van der Waals surface area contributed by atoms with Crippen molar-refractivity contribution in [3.63, 3.8) is 0 Å². The molecular weight excluding hydrogens is 236 g/mol. The van der Waals surface area contributed by atoms with Gasteiger partial charge in [-0.1, -0.05) is 6.07 Å². The van der Waals surface area contributed by atoms with Crippen molar-refractivity contribution in [2.75, 3.05) is 19.8 Å². The first kappa shape index (κ1) is 14.5. The van der Waals surface area contributed by atoms with E-state index < -0.39 is 5.97 Å². The van der Waals surface area contributed by atoms with E-state index in [0.717, 1.165) is 0 Å². The molecular formula is C13H17O5. The van der Waals surface area contributed by atoms with E-state index in [0.29, 0.717) is 24.5 Å². The maximum Gasteiger partial charge on any atom is 0.373 e. The van der Waals surface area contributed by atoms with Crippen LogP contribution in [0, 0.1) is 6.61 Å². The highest BCUT2D eigenvalue weighted by Crippen LogP contribution is 2.14. The zero-order valence-corrected chi connectivity index (χ0v) is 10.5. The minimum Gasteiger partial charge on any atom is -0.494 e. The van der Waals surface area contributed by atoms with Gasteiger partial charge in [-0.15, -0.1) is 0 Å². The molecule has 0 N–H and O–H groups in total. The lowest BCUT2D eigenvalue weighted by Gasteiger charge is -2.05. The molecule has 0 spiro atoms. The molecule has 1 radical (unpaired) electrons. The average Bonchev–Trinajstić information content (AvgIpc) is 2.39. The van der Waals surface area contributed by atoms with Gasteiger partial charge in [-0.05, 0) is 32.0 Å². The van der Waals surface area contributed by atoms with Crippen LogP contribution in [0.5, 0.6) is 5.75 Å². The van der Waals surface area contributed by atoms with E-state index in [1.807, 2.05) is 13.8 Å². The van der Waals surface area contributed by atoms with E-state index in [-0.39, 0.29) is 6.61 Å². The Hall–Kier alpha value is -1.59. The van der Waals surface area contributed by atoms with Gasteiger partial charge in [-0.3, -0.25) is 4.89 Å². The summed E-state index contributed by atoms with van der Waals surface area (Å²) >= 11 is 0. The molecule has 0 saturated heterocycles. The highest BCUT2D eigenvalue weighted by Gasteiger charge is 2.09. The normalized spacial score (nSPS) is 10.1. The quantitative estimate of drug-likeness (QED) is 0.404. The second-order valence-corrected chi connectivity index (χ2v) is 3.25. The molecule has 0 amide bonds. The van der Waals surface area contributed by atoms with Gasteiger partial charge >= 0.3 is 5.97 Å². The van der Waals surface area contributed by atoms with Crippen molar-refractivity contribution in [2.45, 2.75) is 13.8 Å². The van der Waals surface area contributed by atoms with Gasteiger partial charge in [0.15, 0.2) is 6.61 Å². The van der Waals surface area contributed by atoms with Gasteiger partial charge in [0.05, 0.1) is 18.8 Å². The van der Waals surface area contributed by atoms with Crippen LogP contribution in [-0.2, 0) is 14.5 Å². The fourth-order valence-electron chi connectivity index (χ4n) is 1.20. The second kappa shape index (κ2) is 8.49. The first-order valence-corrected chi connectivity index (χ1v) is 5.77. The minimum absolute atomic E-state index is 0.267. The Morgan fingerprint density at radius 2 is 2.11 bits per heavy atom. The third-order valence-corrected chi connectivity index (χ3v) is 1.96. The third kappa shape index (κ3) is 5.16. The van der Waals surface area contributed by atoms with Crippen LogP contribution < -0.4 is 4.74 Å². The molecule has 0 aliphatic rings. The van der Waals surface area contributed by atoms with Crippen LogP contribution >= 0.6 is 0 Å². The van der Waals surface area contributed by atoms with Gasteiger partial charge in [0.1, 0.15) is 5.75 Å². The molecule has 1 aromatic rings. The molecule has 0 saturated carbocycles. The molecule has 0 atom stereocenters. The van der Waals surface area contributed by atoms with Crippen LogP contribution in [0.3, 0.4) is 0 Å². The molecule has 1 rings (SSSR count). The zero-order chi connectivity index (χ0) is 13.2. The SMILES string of the molecule is CCOC[CH]OOC(=O)c1cccc(OCC)c1. The van der Waals surface area contributed by atoms with E-state index in [2.05, 4.69) is 9.78 Å². The predicted molar refractivity (Wildman–Crippen MR) is 64.9 cm³/mol. The average molecular weight is 253 g/mol. The fraction of sp³-hybridized carbons (Fsp3) is 0.385. The molecule has 0 fully saturated rings. The van der Waals surface area contributed by atoms with E-state index in [1.165, 1.54) is 6.61 Å². The molecule has 99 valence electrons.